The Kier molecular flexibility index (Phi) is 15.7. The van der Waals surface area contributed by atoms with Gasteiger partial charge in [-0.25, -0.2) is 0 Å². The monoisotopic (exact) mass is 859 g/mol. The molecule has 2 aliphatic heterocycles. The van der Waals surface area contributed by atoms with Gasteiger partial charge in [-0.3, -0.25) is 28.8 Å². The van der Waals surface area contributed by atoms with Gasteiger partial charge in [0.2, 0.25) is 23.6 Å². The van der Waals surface area contributed by atoms with Crippen LogP contribution in [0, 0.1) is 17.8 Å². The number of nitrogens with zero attached hydrogens (tertiary/aromatic N) is 2. The van der Waals surface area contributed by atoms with E-state index in [1.165, 1.54) is 56.1 Å². The smallest absolute Gasteiger partial charge is 0.253 e. The van der Waals surface area contributed by atoms with Gasteiger partial charge in [-0.1, -0.05) is 132 Å². The van der Waals surface area contributed by atoms with E-state index in [-0.39, 0.29) is 85.6 Å². The minimum atomic E-state index is -0.819. The van der Waals surface area contributed by atoms with Gasteiger partial charge in [0, 0.05) is 61.2 Å². The normalized spacial score (nSPS) is 24.3. The van der Waals surface area contributed by atoms with Crippen molar-refractivity contribution in [2.24, 2.45) is 17.8 Å². The maximum Gasteiger partial charge on any atom is 0.253 e. The molecule has 2 unspecified atom stereocenters. The van der Waals surface area contributed by atoms with Gasteiger partial charge in [-0.05, 0) is 60.6 Å². The summed E-state index contributed by atoms with van der Waals surface area (Å²) >= 11 is 0. The number of benzene rings is 3. The van der Waals surface area contributed by atoms with Crippen molar-refractivity contribution in [1.82, 2.24) is 31.1 Å². The molecule has 0 aromatic heterocycles. The molecule has 4 aliphatic rings. The maximum atomic E-state index is 14.0. The average molecular weight is 859 g/mol. The predicted octanol–water partition coefficient (Wildman–Crippen LogP) is 6.33. The highest BCUT2D eigenvalue weighted by atomic mass is 16.2. The van der Waals surface area contributed by atoms with Crippen LogP contribution >= 0.6 is 0 Å². The predicted molar refractivity (Wildman–Crippen MR) is 243 cm³/mol. The fourth-order valence-corrected chi connectivity index (χ4v) is 9.52. The minimum Gasteiger partial charge on any atom is -0.352 e. The SMILES string of the molecule is CCCCCCCCCCCC(C)CN1C(=O)CNC(=O)[C@@H]1CNC(=O)c1ccc(C(=O)N2C[C@@H](C(=O)NC3C[C@@H]3c3ccccc3)[C@H](C(=O)N[C@H]3C[C@@H]3c3ccccc3)C2)cc1. The summed E-state index contributed by atoms with van der Waals surface area (Å²) < 4.78 is 0. The third kappa shape index (κ3) is 12.1. The number of amides is 6. The molecular formula is C51H66N6O6. The average Bonchev–Trinajstić information content (AvgIpc) is 4.21. The molecule has 2 heterocycles. The second kappa shape index (κ2) is 21.7. The van der Waals surface area contributed by atoms with Crippen molar-refractivity contribution in [3.05, 3.63) is 107 Å². The van der Waals surface area contributed by atoms with Crippen LogP contribution in [0.15, 0.2) is 84.9 Å². The topological polar surface area (TPSA) is 157 Å². The molecule has 7 rings (SSSR count). The van der Waals surface area contributed by atoms with Crippen molar-refractivity contribution in [1.29, 1.82) is 0 Å². The molecule has 4 N–H and O–H groups in total. The van der Waals surface area contributed by atoms with Crippen LogP contribution in [0.4, 0.5) is 0 Å². The first-order valence-corrected chi connectivity index (χ1v) is 23.6. The largest absolute Gasteiger partial charge is 0.352 e. The lowest BCUT2D eigenvalue weighted by Gasteiger charge is -2.36. The summed E-state index contributed by atoms with van der Waals surface area (Å²) in [5, 5.41) is 11.9. The number of hydrogen-bond acceptors (Lipinski definition) is 6. The van der Waals surface area contributed by atoms with E-state index < -0.39 is 23.8 Å². The Morgan fingerprint density at radius 3 is 1.73 bits per heavy atom. The van der Waals surface area contributed by atoms with Crippen molar-refractivity contribution in [2.45, 2.75) is 121 Å². The Morgan fingerprint density at radius 1 is 0.683 bits per heavy atom. The van der Waals surface area contributed by atoms with E-state index in [0.29, 0.717) is 17.7 Å². The van der Waals surface area contributed by atoms with Crippen LogP contribution in [-0.4, -0.2) is 96.1 Å². The molecule has 0 bridgehead atoms. The molecule has 3 aromatic carbocycles. The number of carbonyl (C=O) groups is 6. The Bertz CT molecular complexity index is 1970. The molecule has 2 saturated heterocycles. The molecule has 6 amide bonds. The number of piperazine rings is 1. The third-order valence-electron chi connectivity index (χ3n) is 13.5. The van der Waals surface area contributed by atoms with Gasteiger partial charge in [0.25, 0.3) is 11.8 Å². The summed E-state index contributed by atoms with van der Waals surface area (Å²) in [5.74, 6) is -2.44. The van der Waals surface area contributed by atoms with Gasteiger partial charge >= 0.3 is 0 Å². The molecule has 12 nitrogen and oxygen atoms in total. The lowest BCUT2D eigenvalue weighted by molar-refractivity contribution is -0.146. The Balaban J connectivity index is 0.919. The molecule has 3 aromatic rings. The van der Waals surface area contributed by atoms with Gasteiger partial charge < -0.3 is 31.1 Å². The van der Waals surface area contributed by atoms with E-state index in [2.05, 4.69) is 59.4 Å². The van der Waals surface area contributed by atoms with Crippen molar-refractivity contribution in [2.75, 3.05) is 32.7 Å². The zero-order valence-electron chi connectivity index (χ0n) is 37.1. The number of nitrogens with one attached hydrogen (secondary N) is 4. The molecule has 12 heteroatoms. The van der Waals surface area contributed by atoms with Gasteiger partial charge in [-0.15, -0.1) is 0 Å². The van der Waals surface area contributed by atoms with Crippen molar-refractivity contribution >= 4 is 35.4 Å². The van der Waals surface area contributed by atoms with E-state index >= 15 is 0 Å². The van der Waals surface area contributed by atoms with Crippen LogP contribution in [-0.2, 0) is 19.2 Å². The molecular weight excluding hydrogens is 793 g/mol. The second-order valence-electron chi connectivity index (χ2n) is 18.4. The molecule has 2 aliphatic carbocycles. The fourth-order valence-electron chi connectivity index (χ4n) is 9.52. The van der Waals surface area contributed by atoms with E-state index in [1.807, 2.05) is 36.4 Å². The summed E-state index contributed by atoms with van der Waals surface area (Å²) in [6.07, 6.45) is 13.8. The lowest BCUT2D eigenvalue weighted by Crippen LogP contribution is -2.62. The number of hydrogen-bond donors (Lipinski definition) is 4. The van der Waals surface area contributed by atoms with Gasteiger partial charge in [0.05, 0.1) is 18.4 Å². The Hall–Kier alpha value is -5.52. The van der Waals surface area contributed by atoms with Gasteiger partial charge in [0.15, 0.2) is 0 Å². The third-order valence-corrected chi connectivity index (χ3v) is 13.5. The summed E-state index contributed by atoms with van der Waals surface area (Å²) in [6.45, 7) is 4.89. The summed E-state index contributed by atoms with van der Waals surface area (Å²) in [4.78, 5) is 84.2. The zero-order valence-corrected chi connectivity index (χ0v) is 37.1. The van der Waals surface area contributed by atoms with Crippen molar-refractivity contribution < 1.29 is 28.8 Å². The van der Waals surface area contributed by atoms with Crippen LogP contribution in [0.5, 0.6) is 0 Å². The number of carbonyl (C=O) groups excluding carboxylic acids is 6. The van der Waals surface area contributed by atoms with Crippen molar-refractivity contribution in [3.8, 4) is 0 Å². The molecule has 0 spiro atoms. The van der Waals surface area contributed by atoms with E-state index in [9.17, 15) is 28.8 Å². The Morgan fingerprint density at radius 2 is 1.19 bits per heavy atom. The highest BCUT2D eigenvalue weighted by molar-refractivity contribution is 6.00. The summed E-state index contributed by atoms with van der Waals surface area (Å²) in [6, 6.07) is 25.5. The highest BCUT2D eigenvalue weighted by Gasteiger charge is 2.49. The van der Waals surface area contributed by atoms with Crippen molar-refractivity contribution in [3.63, 3.8) is 0 Å². The van der Waals surface area contributed by atoms with E-state index in [4.69, 9.17) is 0 Å². The van der Waals surface area contributed by atoms with Crippen LogP contribution < -0.4 is 21.3 Å². The molecule has 2 saturated carbocycles. The number of likely N-dealkylation sites (tertiary alicyclic amines) is 1. The van der Waals surface area contributed by atoms with Crippen LogP contribution in [0.2, 0.25) is 0 Å². The summed E-state index contributed by atoms with van der Waals surface area (Å²) in [5.41, 5.74) is 2.96. The molecule has 63 heavy (non-hydrogen) atoms. The minimum absolute atomic E-state index is 0.0214. The first kappa shape index (κ1) is 45.5. The van der Waals surface area contributed by atoms with E-state index in [1.54, 1.807) is 34.1 Å². The van der Waals surface area contributed by atoms with Crippen LogP contribution in [0.3, 0.4) is 0 Å². The molecule has 336 valence electrons. The quantitative estimate of drug-likeness (QED) is 0.0866. The second-order valence-corrected chi connectivity index (χ2v) is 18.4. The zero-order chi connectivity index (χ0) is 44.3. The van der Waals surface area contributed by atoms with Crippen LogP contribution in [0.1, 0.15) is 135 Å². The molecule has 8 atom stereocenters. The lowest BCUT2D eigenvalue weighted by atomic mass is 9.94. The maximum absolute atomic E-state index is 14.0. The van der Waals surface area contributed by atoms with Crippen LogP contribution in [0.25, 0.3) is 0 Å². The van der Waals surface area contributed by atoms with E-state index in [0.717, 1.165) is 32.1 Å². The number of unbranched alkanes of at least 4 members (excludes halogenated alkanes) is 8. The highest BCUT2D eigenvalue weighted by Crippen LogP contribution is 2.42. The summed E-state index contributed by atoms with van der Waals surface area (Å²) in [7, 11) is 0. The molecule has 4 fully saturated rings. The fraction of sp³-hybridized carbons (Fsp3) is 0.529. The van der Waals surface area contributed by atoms with Gasteiger partial charge in [-0.2, -0.15) is 0 Å². The standard InChI is InChI=1S/C51H66N6O6/c1-3-4-5-6-7-8-9-10-13-18-34(2)31-57-45(50(62)53-30-46(57)58)29-52-47(59)37-23-25-38(26-24-37)51(63)56-32-41(48(60)54-43-27-39(43)35-19-14-11-15-20-35)42(33-56)49(61)55-44-28-40(44)36-21-16-12-17-22-36/h11-12,14-17,19-26,34,39-45H,3-10,13,18,27-33H2,1-2H3,(H,52,59)(H,53,62)(H,54,60)(H,55,61)/t34?,39-,40-,41-,42-,43+,44?,45+/m1/s1. The first-order valence-electron chi connectivity index (χ1n) is 23.6. The number of rotatable bonds is 22. The van der Waals surface area contributed by atoms with Gasteiger partial charge in [0.1, 0.15) is 6.04 Å². The first-order chi connectivity index (χ1) is 30.6. The molecule has 0 radical (unpaired) electrons. The Labute approximate surface area is 372 Å².